The predicted molar refractivity (Wildman–Crippen MR) is 108 cm³/mol. The first-order valence-corrected chi connectivity index (χ1v) is 9.76. The molecule has 0 bridgehead atoms. The summed E-state index contributed by atoms with van der Waals surface area (Å²) in [7, 11) is 1.59. The summed E-state index contributed by atoms with van der Waals surface area (Å²) in [6.45, 7) is 5.71. The normalized spacial score (nSPS) is 14.6. The molecule has 0 radical (unpaired) electrons. The second-order valence-electron chi connectivity index (χ2n) is 6.98. The third kappa shape index (κ3) is 4.93. The summed E-state index contributed by atoms with van der Waals surface area (Å²) >= 11 is 0. The number of hydrogen-bond acceptors (Lipinski definition) is 7. The Morgan fingerprint density at radius 3 is 2.69 bits per heavy atom. The summed E-state index contributed by atoms with van der Waals surface area (Å²) in [6.07, 6.45) is 0.203. The number of rotatable bonds is 9. The van der Waals surface area contributed by atoms with Crippen LogP contribution in [-0.4, -0.2) is 48.0 Å². The van der Waals surface area contributed by atoms with Crippen molar-refractivity contribution in [2.24, 2.45) is 0 Å². The van der Waals surface area contributed by atoms with E-state index in [4.69, 9.17) is 18.7 Å². The van der Waals surface area contributed by atoms with Gasteiger partial charge in [0, 0.05) is 32.3 Å². The molecule has 0 N–H and O–H groups in total. The molecule has 7 heteroatoms. The predicted octanol–water partition coefficient (Wildman–Crippen LogP) is 3.54. The van der Waals surface area contributed by atoms with Gasteiger partial charge in [-0.05, 0) is 48.9 Å². The van der Waals surface area contributed by atoms with Gasteiger partial charge in [0.25, 0.3) is 5.89 Å². The standard InChI is InChI=1S/C22H25N3O4/c1-3-27-19-6-4-5-16(11-19)12-25-13-20(14-25)28-18-9-7-17(8-10-18)22-23-21(15-26-2)29-24-22/h4-11,20H,3,12-15H2,1-2H3. The molecule has 0 atom stereocenters. The fourth-order valence-electron chi connectivity index (χ4n) is 3.31. The Morgan fingerprint density at radius 2 is 1.93 bits per heavy atom. The number of ether oxygens (including phenoxy) is 3. The number of benzene rings is 2. The van der Waals surface area contributed by atoms with Crippen LogP contribution < -0.4 is 9.47 Å². The second kappa shape index (κ2) is 9.07. The summed E-state index contributed by atoms with van der Waals surface area (Å²) in [5.74, 6) is 2.78. The lowest BCUT2D eigenvalue weighted by molar-refractivity contribution is 0.0145. The van der Waals surface area contributed by atoms with Gasteiger partial charge in [0.1, 0.15) is 24.2 Å². The van der Waals surface area contributed by atoms with Gasteiger partial charge in [-0.15, -0.1) is 0 Å². The Hall–Kier alpha value is -2.90. The third-order valence-corrected chi connectivity index (χ3v) is 4.69. The highest BCUT2D eigenvalue weighted by molar-refractivity contribution is 5.55. The van der Waals surface area contributed by atoms with Crippen molar-refractivity contribution in [2.45, 2.75) is 26.2 Å². The molecule has 0 unspecified atom stereocenters. The summed E-state index contributed by atoms with van der Waals surface area (Å²) in [6, 6.07) is 16.0. The summed E-state index contributed by atoms with van der Waals surface area (Å²) < 4.78 is 21.8. The largest absolute Gasteiger partial charge is 0.494 e. The number of nitrogens with zero attached hydrogens (tertiary/aromatic N) is 3. The number of likely N-dealkylation sites (tertiary alicyclic amines) is 1. The topological polar surface area (TPSA) is 69.9 Å². The summed E-state index contributed by atoms with van der Waals surface area (Å²) in [4.78, 5) is 6.66. The van der Waals surface area contributed by atoms with E-state index in [0.29, 0.717) is 24.9 Å². The van der Waals surface area contributed by atoms with E-state index in [2.05, 4.69) is 27.2 Å². The van der Waals surface area contributed by atoms with Crippen molar-refractivity contribution in [3.63, 3.8) is 0 Å². The smallest absolute Gasteiger partial charge is 0.252 e. The molecule has 3 aromatic rings. The van der Waals surface area contributed by atoms with Crippen molar-refractivity contribution in [1.29, 1.82) is 0 Å². The van der Waals surface area contributed by atoms with Gasteiger partial charge < -0.3 is 18.7 Å². The second-order valence-corrected chi connectivity index (χ2v) is 6.98. The Labute approximate surface area is 170 Å². The first kappa shape index (κ1) is 19.4. The zero-order valence-corrected chi connectivity index (χ0v) is 16.7. The zero-order chi connectivity index (χ0) is 20.1. The minimum Gasteiger partial charge on any atom is -0.494 e. The Balaban J connectivity index is 1.26. The van der Waals surface area contributed by atoms with Crippen LogP contribution in [-0.2, 0) is 17.9 Å². The molecule has 1 fully saturated rings. The molecule has 1 aliphatic rings. The Bertz CT molecular complexity index is 920. The monoisotopic (exact) mass is 395 g/mol. The van der Waals surface area contributed by atoms with Gasteiger partial charge in [0.05, 0.1) is 6.61 Å². The maximum atomic E-state index is 6.06. The molecule has 0 aliphatic carbocycles. The van der Waals surface area contributed by atoms with Gasteiger partial charge in [0.15, 0.2) is 0 Å². The Morgan fingerprint density at radius 1 is 1.10 bits per heavy atom. The van der Waals surface area contributed by atoms with Crippen molar-refractivity contribution in [3.8, 4) is 22.9 Å². The third-order valence-electron chi connectivity index (χ3n) is 4.69. The van der Waals surface area contributed by atoms with E-state index in [1.165, 1.54) is 5.56 Å². The highest BCUT2D eigenvalue weighted by Crippen LogP contribution is 2.24. The molecular weight excluding hydrogens is 370 g/mol. The lowest BCUT2D eigenvalue weighted by Gasteiger charge is -2.39. The van der Waals surface area contributed by atoms with Crippen LogP contribution in [0.25, 0.3) is 11.4 Å². The van der Waals surface area contributed by atoms with Crippen LogP contribution in [0.4, 0.5) is 0 Å². The molecule has 2 heterocycles. The minimum absolute atomic E-state index is 0.203. The van der Waals surface area contributed by atoms with Gasteiger partial charge in [-0.3, -0.25) is 4.90 Å². The van der Waals surface area contributed by atoms with Crippen LogP contribution in [0.2, 0.25) is 0 Å². The molecule has 152 valence electrons. The highest BCUT2D eigenvalue weighted by atomic mass is 16.5. The molecule has 1 saturated heterocycles. The molecule has 29 heavy (non-hydrogen) atoms. The number of aromatic nitrogens is 2. The lowest BCUT2D eigenvalue weighted by Crippen LogP contribution is -2.53. The first-order valence-electron chi connectivity index (χ1n) is 9.76. The first-order chi connectivity index (χ1) is 14.2. The van der Waals surface area contributed by atoms with Crippen molar-refractivity contribution in [1.82, 2.24) is 15.0 Å². The van der Waals surface area contributed by atoms with Crippen molar-refractivity contribution in [3.05, 3.63) is 60.0 Å². The van der Waals surface area contributed by atoms with Crippen LogP contribution in [0.1, 0.15) is 18.4 Å². The van der Waals surface area contributed by atoms with Gasteiger partial charge in [-0.2, -0.15) is 4.98 Å². The van der Waals surface area contributed by atoms with Crippen molar-refractivity contribution >= 4 is 0 Å². The average Bonchev–Trinajstić information content (AvgIpc) is 3.16. The average molecular weight is 395 g/mol. The molecule has 0 spiro atoms. The molecular formula is C22H25N3O4. The van der Waals surface area contributed by atoms with E-state index in [0.717, 1.165) is 36.7 Å². The van der Waals surface area contributed by atoms with Crippen LogP contribution >= 0.6 is 0 Å². The van der Waals surface area contributed by atoms with E-state index in [1.54, 1.807) is 7.11 Å². The molecule has 2 aromatic carbocycles. The molecule has 0 amide bonds. The fraction of sp³-hybridized carbons (Fsp3) is 0.364. The van der Waals surface area contributed by atoms with E-state index in [-0.39, 0.29) is 6.10 Å². The summed E-state index contributed by atoms with van der Waals surface area (Å²) in [5, 5.41) is 3.97. The molecule has 7 nitrogen and oxygen atoms in total. The van der Waals surface area contributed by atoms with E-state index in [9.17, 15) is 0 Å². The van der Waals surface area contributed by atoms with Crippen LogP contribution in [0.3, 0.4) is 0 Å². The SMILES string of the molecule is CCOc1cccc(CN2CC(Oc3ccc(-c4noc(COC)n4)cc3)C2)c1. The molecule has 0 saturated carbocycles. The molecule has 4 rings (SSSR count). The maximum absolute atomic E-state index is 6.06. The number of hydrogen-bond donors (Lipinski definition) is 0. The highest BCUT2D eigenvalue weighted by Gasteiger charge is 2.28. The summed E-state index contributed by atoms with van der Waals surface area (Å²) in [5.41, 5.74) is 2.14. The van der Waals surface area contributed by atoms with Gasteiger partial charge in [-0.25, -0.2) is 0 Å². The quantitative estimate of drug-likeness (QED) is 0.549. The lowest BCUT2D eigenvalue weighted by atomic mass is 10.1. The molecule has 1 aromatic heterocycles. The molecule has 1 aliphatic heterocycles. The fourth-order valence-corrected chi connectivity index (χ4v) is 3.31. The van der Waals surface area contributed by atoms with Gasteiger partial charge >= 0.3 is 0 Å². The minimum atomic E-state index is 0.203. The van der Waals surface area contributed by atoms with Crippen molar-refractivity contribution < 1.29 is 18.7 Å². The van der Waals surface area contributed by atoms with Crippen LogP contribution in [0.5, 0.6) is 11.5 Å². The maximum Gasteiger partial charge on any atom is 0.252 e. The van der Waals surface area contributed by atoms with Crippen molar-refractivity contribution in [2.75, 3.05) is 26.8 Å². The van der Waals surface area contributed by atoms with Crippen LogP contribution in [0, 0.1) is 0 Å². The van der Waals surface area contributed by atoms with E-state index < -0.39 is 0 Å². The van der Waals surface area contributed by atoms with Gasteiger partial charge in [0.2, 0.25) is 5.82 Å². The Kier molecular flexibility index (Phi) is 6.07. The zero-order valence-electron chi connectivity index (χ0n) is 16.7. The van der Waals surface area contributed by atoms with E-state index >= 15 is 0 Å². The van der Waals surface area contributed by atoms with E-state index in [1.807, 2.05) is 43.3 Å². The number of methoxy groups -OCH3 is 1. The van der Waals surface area contributed by atoms with Crippen LogP contribution in [0.15, 0.2) is 53.1 Å². The van der Waals surface area contributed by atoms with Gasteiger partial charge in [-0.1, -0.05) is 17.3 Å².